The maximum absolute atomic E-state index is 12.7. The number of nitrogens with one attached hydrogen (secondary N) is 1. The molecule has 1 saturated carbocycles. The second kappa shape index (κ2) is 8.96. The van der Waals surface area contributed by atoms with Crippen LogP contribution in [0.15, 0.2) is 12.1 Å². The number of phenolic OH excluding ortho intramolecular Hbond substituents is 1. The molecule has 0 bridgehead atoms. The van der Waals surface area contributed by atoms with E-state index in [-0.39, 0.29) is 28.1 Å². The monoisotopic (exact) mass is 401 g/mol. The molecule has 0 heterocycles. The largest absolute Gasteiger partial charge is 0.506 e. The van der Waals surface area contributed by atoms with E-state index in [1.54, 1.807) is 6.07 Å². The van der Waals surface area contributed by atoms with Gasteiger partial charge in [0.15, 0.2) is 0 Å². The molecule has 0 aliphatic heterocycles. The highest BCUT2D eigenvalue weighted by atomic mass is 35.5. The molecule has 7 heteroatoms. The van der Waals surface area contributed by atoms with Crippen molar-refractivity contribution in [2.24, 2.45) is 11.3 Å². The van der Waals surface area contributed by atoms with Gasteiger partial charge >= 0.3 is 5.97 Å². The Bertz CT molecular complexity index is 670. The second-order valence-electron chi connectivity index (χ2n) is 7.36. The minimum absolute atomic E-state index is 0.0275. The maximum Gasteiger partial charge on any atom is 0.303 e. The molecular formula is C19H25Cl2NO4. The van der Waals surface area contributed by atoms with E-state index in [9.17, 15) is 14.7 Å². The zero-order chi connectivity index (χ0) is 19.3. The summed E-state index contributed by atoms with van der Waals surface area (Å²) in [6.45, 7) is 1.96. The molecule has 1 amide bonds. The van der Waals surface area contributed by atoms with E-state index in [1.807, 2.05) is 6.92 Å². The first-order chi connectivity index (χ1) is 12.2. The van der Waals surface area contributed by atoms with Crippen molar-refractivity contribution in [2.45, 2.75) is 58.3 Å². The van der Waals surface area contributed by atoms with Crippen LogP contribution in [0.5, 0.6) is 5.75 Å². The summed E-state index contributed by atoms with van der Waals surface area (Å²) in [6.07, 6.45) is 6.36. The molecule has 0 atom stereocenters. The quantitative estimate of drug-likeness (QED) is 0.416. The summed E-state index contributed by atoms with van der Waals surface area (Å²) in [4.78, 5) is 23.3. The Balaban J connectivity index is 1.87. The normalized spacial score (nSPS) is 22.8. The van der Waals surface area contributed by atoms with Crippen molar-refractivity contribution in [2.75, 3.05) is 5.32 Å². The van der Waals surface area contributed by atoms with Crippen molar-refractivity contribution in [3.8, 4) is 5.75 Å². The second-order valence-corrected chi connectivity index (χ2v) is 8.11. The number of anilines is 1. The minimum Gasteiger partial charge on any atom is -0.506 e. The summed E-state index contributed by atoms with van der Waals surface area (Å²) < 4.78 is 0. The SMILES string of the molecule is CC1(C(=O)Nc2ccc(O)c(Cl)c2Cl)CCC(CCCCC(=O)O)CC1. The highest BCUT2D eigenvalue weighted by Gasteiger charge is 2.37. The number of carbonyl (C=O) groups excluding carboxylic acids is 1. The van der Waals surface area contributed by atoms with E-state index < -0.39 is 11.4 Å². The number of carbonyl (C=O) groups is 2. The molecule has 0 unspecified atom stereocenters. The topological polar surface area (TPSA) is 86.6 Å². The van der Waals surface area contributed by atoms with Crippen molar-refractivity contribution >= 4 is 40.8 Å². The summed E-state index contributed by atoms with van der Waals surface area (Å²) in [5.74, 6) is -0.406. The zero-order valence-electron chi connectivity index (χ0n) is 14.9. The van der Waals surface area contributed by atoms with Gasteiger partial charge in [-0.3, -0.25) is 9.59 Å². The third-order valence-corrected chi connectivity index (χ3v) is 6.19. The van der Waals surface area contributed by atoms with E-state index in [2.05, 4.69) is 5.32 Å². The van der Waals surface area contributed by atoms with Crippen molar-refractivity contribution in [3.05, 3.63) is 22.2 Å². The van der Waals surface area contributed by atoms with Crippen LogP contribution >= 0.6 is 23.2 Å². The number of amides is 1. The molecule has 1 aliphatic rings. The predicted molar refractivity (Wildman–Crippen MR) is 103 cm³/mol. The minimum atomic E-state index is -0.745. The van der Waals surface area contributed by atoms with E-state index in [0.717, 1.165) is 38.5 Å². The number of carboxylic acids is 1. The molecule has 144 valence electrons. The standard InChI is InChI=1S/C19H25Cl2NO4/c1-19(10-8-12(9-11-19)4-2-3-5-15(24)25)18(26)22-13-6-7-14(23)17(21)16(13)20/h6-7,12,23H,2-5,8-11H2,1H3,(H,22,26)(H,24,25). The van der Waals surface area contributed by atoms with Gasteiger partial charge in [0.2, 0.25) is 5.91 Å². The smallest absolute Gasteiger partial charge is 0.303 e. The summed E-state index contributed by atoms with van der Waals surface area (Å²) in [6, 6.07) is 2.94. The molecule has 0 spiro atoms. The van der Waals surface area contributed by atoms with Crippen molar-refractivity contribution in [3.63, 3.8) is 0 Å². The number of rotatable bonds is 7. The Hall–Kier alpha value is -1.46. The Kier molecular flexibility index (Phi) is 7.18. The van der Waals surface area contributed by atoms with Crippen LogP contribution in [-0.2, 0) is 9.59 Å². The first-order valence-electron chi connectivity index (χ1n) is 8.93. The van der Waals surface area contributed by atoms with Crippen LogP contribution < -0.4 is 5.32 Å². The lowest BCUT2D eigenvalue weighted by Gasteiger charge is -2.36. The number of aliphatic carboxylic acids is 1. The number of aromatic hydroxyl groups is 1. The number of unbranched alkanes of at least 4 members (excludes halogenated alkanes) is 1. The highest BCUT2D eigenvalue weighted by molar-refractivity contribution is 6.44. The van der Waals surface area contributed by atoms with Crippen LogP contribution in [0.4, 0.5) is 5.69 Å². The van der Waals surface area contributed by atoms with Gasteiger partial charge in [0, 0.05) is 11.8 Å². The van der Waals surface area contributed by atoms with Gasteiger partial charge in [0.1, 0.15) is 10.8 Å². The fourth-order valence-corrected chi connectivity index (χ4v) is 3.82. The van der Waals surface area contributed by atoms with Gasteiger partial charge in [0.25, 0.3) is 0 Å². The molecular weight excluding hydrogens is 377 g/mol. The van der Waals surface area contributed by atoms with Crippen molar-refractivity contribution < 1.29 is 19.8 Å². The number of phenols is 1. The number of hydrogen-bond donors (Lipinski definition) is 3. The lowest BCUT2D eigenvalue weighted by atomic mass is 9.70. The van der Waals surface area contributed by atoms with Gasteiger partial charge in [-0.1, -0.05) is 43.0 Å². The molecule has 26 heavy (non-hydrogen) atoms. The van der Waals surface area contributed by atoms with E-state index >= 15 is 0 Å². The Labute approximate surface area is 163 Å². The van der Waals surface area contributed by atoms with E-state index in [4.69, 9.17) is 28.3 Å². The number of carboxylic acid groups (broad SMARTS) is 1. The molecule has 0 aromatic heterocycles. The third-order valence-electron chi connectivity index (χ3n) is 5.32. The molecule has 1 aromatic rings. The van der Waals surface area contributed by atoms with Crippen LogP contribution in [0.3, 0.4) is 0 Å². The summed E-state index contributed by atoms with van der Waals surface area (Å²) in [7, 11) is 0. The Morgan fingerprint density at radius 2 is 1.85 bits per heavy atom. The van der Waals surface area contributed by atoms with Crippen molar-refractivity contribution in [1.29, 1.82) is 0 Å². The molecule has 3 N–H and O–H groups in total. The Morgan fingerprint density at radius 3 is 2.46 bits per heavy atom. The molecule has 2 rings (SSSR count). The number of benzene rings is 1. The van der Waals surface area contributed by atoms with Gasteiger partial charge < -0.3 is 15.5 Å². The lowest BCUT2D eigenvalue weighted by Crippen LogP contribution is -2.37. The Morgan fingerprint density at radius 1 is 1.19 bits per heavy atom. The van der Waals surface area contributed by atoms with Crippen LogP contribution in [0.2, 0.25) is 10.0 Å². The maximum atomic E-state index is 12.7. The van der Waals surface area contributed by atoms with Gasteiger partial charge in [-0.2, -0.15) is 0 Å². The molecule has 0 radical (unpaired) electrons. The van der Waals surface area contributed by atoms with Crippen LogP contribution in [0.1, 0.15) is 58.3 Å². The van der Waals surface area contributed by atoms with E-state index in [0.29, 0.717) is 18.0 Å². The first kappa shape index (κ1) is 20.8. The average Bonchev–Trinajstić information content (AvgIpc) is 2.60. The van der Waals surface area contributed by atoms with Gasteiger partial charge in [-0.15, -0.1) is 0 Å². The lowest BCUT2D eigenvalue weighted by molar-refractivity contribution is -0.137. The molecule has 5 nitrogen and oxygen atoms in total. The zero-order valence-corrected chi connectivity index (χ0v) is 16.4. The van der Waals surface area contributed by atoms with Crippen LogP contribution in [-0.4, -0.2) is 22.1 Å². The number of hydrogen-bond acceptors (Lipinski definition) is 3. The molecule has 1 aliphatic carbocycles. The molecule has 0 saturated heterocycles. The summed E-state index contributed by atoms with van der Waals surface area (Å²) in [5.41, 5.74) is -0.0675. The third kappa shape index (κ3) is 5.27. The highest BCUT2D eigenvalue weighted by Crippen LogP contribution is 2.42. The summed E-state index contributed by atoms with van der Waals surface area (Å²) in [5, 5.41) is 21.2. The van der Waals surface area contributed by atoms with Gasteiger partial charge in [0.05, 0.1) is 10.7 Å². The molecule has 1 fully saturated rings. The summed E-state index contributed by atoms with van der Waals surface area (Å²) >= 11 is 12.0. The van der Waals surface area contributed by atoms with Gasteiger partial charge in [-0.25, -0.2) is 0 Å². The fourth-order valence-electron chi connectivity index (χ4n) is 3.45. The van der Waals surface area contributed by atoms with E-state index in [1.165, 1.54) is 6.07 Å². The van der Waals surface area contributed by atoms with Crippen LogP contribution in [0, 0.1) is 11.3 Å². The number of halogens is 2. The van der Waals surface area contributed by atoms with Gasteiger partial charge in [-0.05, 0) is 50.2 Å². The van der Waals surface area contributed by atoms with Crippen LogP contribution in [0.25, 0.3) is 0 Å². The molecule has 1 aromatic carbocycles. The fraction of sp³-hybridized carbons (Fsp3) is 0.579. The average molecular weight is 402 g/mol. The predicted octanol–water partition coefficient (Wildman–Crippen LogP) is 5.48. The first-order valence-corrected chi connectivity index (χ1v) is 9.69. The van der Waals surface area contributed by atoms with Crippen molar-refractivity contribution in [1.82, 2.24) is 0 Å².